The molecule has 2 aromatic carbocycles. The van der Waals surface area contributed by atoms with Gasteiger partial charge in [0.2, 0.25) is 15.9 Å². The van der Waals surface area contributed by atoms with Crippen LogP contribution < -0.4 is 10.1 Å². The first kappa shape index (κ1) is 21.9. The molecule has 6 nitrogen and oxygen atoms in total. The molecular formula is C21H28N2O4S. The van der Waals surface area contributed by atoms with Crippen molar-refractivity contribution in [1.82, 2.24) is 9.62 Å². The van der Waals surface area contributed by atoms with Crippen LogP contribution in [0, 0.1) is 5.92 Å². The largest absolute Gasteiger partial charge is 0.494 e. The summed E-state index contributed by atoms with van der Waals surface area (Å²) in [4.78, 5) is 12.5. The third-order valence-corrected chi connectivity index (χ3v) is 5.81. The van der Waals surface area contributed by atoms with Gasteiger partial charge in [-0.15, -0.1) is 0 Å². The molecule has 0 saturated carbocycles. The maximum Gasteiger partial charge on any atom is 0.243 e. The van der Waals surface area contributed by atoms with Crippen LogP contribution in [0.1, 0.15) is 26.3 Å². The third-order valence-electron chi connectivity index (χ3n) is 4.00. The fourth-order valence-corrected chi connectivity index (χ4v) is 3.95. The maximum atomic E-state index is 13.2. The number of sulfonamides is 1. The molecule has 1 N–H and O–H groups in total. The second-order valence-corrected chi connectivity index (χ2v) is 8.80. The van der Waals surface area contributed by atoms with Crippen LogP contribution in [0.5, 0.6) is 5.75 Å². The molecule has 0 aliphatic heterocycles. The van der Waals surface area contributed by atoms with E-state index in [1.54, 1.807) is 12.1 Å². The van der Waals surface area contributed by atoms with Crippen molar-refractivity contribution in [1.29, 1.82) is 0 Å². The lowest BCUT2D eigenvalue weighted by Gasteiger charge is -2.22. The van der Waals surface area contributed by atoms with Crippen molar-refractivity contribution in [3.05, 3.63) is 60.2 Å². The van der Waals surface area contributed by atoms with E-state index in [9.17, 15) is 13.2 Å². The van der Waals surface area contributed by atoms with E-state index in [-0.39, 0.29) is 29.8 Å². The molecule has 0 bridgehead atoms. The number of nitrogens with one attached hydrogen (secondary N) is 1. The zero-order chi connectivity index (χ0) is 20.6. The van der Waals surface area contributed by atoms with Gasteiger partial charge in [-0.2, -0.15) is 4.31 Å². The summed E-state index contributed by atoms with van der Waals surface area (Å²) >= 11 is 0. The van der Waals surface area contributed by atoms with Gasteiger partial charge in [-0.1, -0.05) is 44.2 Å². The van der Waals surface area contributed by atoms with Crippen LogP contribution in [0.3, 0.4) is 0 Å². The van der Waals surface area contributed by atoms with E-state index >= 15 is 0 Å². The first-order valence-electron chi connectivity index (χ1n) is 9.36. The predicted octanol–water partition coefficient (Wildman–Crippen LogP) is 3.05. The van der Waals surface area contributed by atoms with Gasteiger partial charge in [0.15, 0.2) is 0 Å². The van der Waals surface area contributed by atoms with E-state index in [4.69, 9.17) is 4.74 Å². The van der Waals surface area contributed by atoms with E-state index in [1.165, 1.54) is 16.4 Å². The number of benzene rings is 2. The summed E-state index contributed by atoms with van der Waals surface area (Å²) < 4.78 is 32.9. The predicted molar refractivity (Wildman–Crippen MR) is 109 cm³/mol. The Morgan fingerprint density at radius 1 is 1.07 bits per heavy atom. The number of amides is 1. The molecule has 0 spiro atoms. The highest BCUT2D eigenvalue weighted by atomic mass is 32.2. The molecule has 0 radical (unpaired) electrons. The van der Waals surface area contributed by atoms with Crippen molar-refractivity contribution in [2.75, 3.05) is 19.7 Å². The molecular weight excluding hydrogens is 376 g/mol. The Balaban J connectivity index is 2.26. The Kier molecular flexibility index (Phi) is 8.02. The zero-order valence-corrected chi connectivity index (χ0v) is 17.4. The maximum absolute atomic E-state index is 13.2. The van der Waals surface area contributed by atoms with Crippen LogP contribution in [0.2, 0.25) is 0 Å². The first-order chi connectivity index (χ1) is 13.3. The molecule has 0 aromatic heterocycles. The Bertz CT molecular complexity index is 850. The summed E-state index contributed by atoms with van der Waals surface area (Å²) in [6, 6.07) is 15.5. The number of hydrogen-bond donors (Lipinski definition) is 1. The van der Waals surface area contributed by atoms with Gasteiger partial charge in [-0.3, -0.25) is 4.79 Å². The van der Waals surface area contributed by atoms with E-state index in [0.717, 1.165) is 5.56 Å². The summed E-state index contributed by atoms with van der Waals surface area (Å²) in [5.74, 6) is 0.569. The van der Waals surface area contributed by atoms with Crippen molar-refractivity contribution < 1.29 is 17.9 Å². The number of ether oxygens (including phenoxy) is 1. The molecule has 0 saturated heterocycles. The monoisotopic (exact) mass is 404 g/mol. The number of hydrogen-bond acceptors (Lipinski definition) is 4. The zero-order valence-electron chi connectivity index (χ0n) is 16.6. The Hall–Kier alpha value is -2.38. The molecule has 2 aromatic rings. The SMILES string of the molecule is CCOc1ccc(S(=O)(=O)N(CC(=O)NCC(C)C)Cc2ccccc2)cc1. The highest BCUT2D eigenvalue weighted by molar-refractivity contribution is 7.89. The van der Waals surface area contributed by atoms with Crippen molar-refractivity contribution in [3.8, 4) is 5.75 Å². The lowest BCUT2D eigenvalue weighted by atomic mass is 10.2. The second kappa shape index (κ2) is 10.2. The topological polar surface area (TPSA) is 75.7 Å². The van der Waals surface area contributed by atoms with Gasteiger partial charge < -0.3 is 10.1 Å². The van der Waals surface area contributed by atoms with Gasteiger partial charge in [-0.05, 0) is 42.7 Å². The number of rotatable bonds is 10. The Morgan fingerprint density at radius 3 is 2.29 bits per heavy atom. The summed E-state index contributed by atoms with van der Waals surface area (Å²) in [5.41, 5.74) is 0.814. The molecule has 28 heavy (non-hydrogen) atoms. The highest BCUT2D eigenvalue weighted by Gasteiger charge is 2.27. The molecule has 1 amide bonds. The normalized spacial score (nSPS) is 11.6. The van der Waals surface area contributed by atoms with Crippen LogP contribution >= 0.6 is 0 Å². The molecule has 2 rings (SSSR count). The fraction of sp³-hybridized carbons (Fsp3) is 0.381. The number of carbonyl (C=O) groups excluding carboxylic acids is 1. The molecule has 0 atom stereocenters. The quantitative estimate of drug-likeness (QED) is 0.660. The summed E-state index contributed by atoms with van der Waals surface area (Å²) in [6.45, 7) is 6.71. The summed E-state index contributed by atoms with van der Waals surface area (Å²) in [6.07, 6.45) is 0. The van der Waals surface area contributed by atoms with Gasteiger partial charge in [0, 0.05) is 13.1 Å². The van der Waals surface area contributed by atoms with Gasteiger partial charge in [-0.25, -0.2) is 8.42 Å². The first-order valence-corrected chi connectivity index (χ1v) is 10.8. The smallest absolute Gasteiger partial charge is 0.243 e. The number of carbonyl (C=O) groups is 1. The van der Waals surface area contributed by atoms with Crippen molar-refractivity contribution >= 4 is 15.9 Å². The number of nitrogens with zero attached hydrogens (tertiary/aromatic N) is 1. The lowest BCUT2D eigenvalue weighted by Crippen LogP contribution is -2.41. The van der Waals surface area contributed by atoms with Crippen LogP contribution in [-0.4, -0.2) is 38.3 Å². The van der Waals surface area contributed by atoms with Gasteiger partial charge >= 0.3 is 0 Å². The fourth-order valence-electron chi connectivity index (χ4n) is 2.57. The molecule has 0 aliphatic rings. The molecule has 7 heteroatoms. The van der Waals surface area contributed by atoms with Gasteiger partial charge in [0.1, 0.15) is 5.75 Å². The average molecular weight is 405 g/mol. The van der Waals surface area contributed by atoms with Gasteiger partial charge in [0.05, 0.1) is 18.0 Å². The second-order valence-electron chi connectivity index (χ2n) is 6.86. The average Bonchev–Trinajstić information content (AvgIpc) is 2.67. The molecule has 0 aliphatic carbocycles. The van der Waals surface area contributed by atoms with Crippen molar-refractivity contribution in [2.45, 2.75) is 32.2 Å². The van der Waals surface area contributed by atoms with Crippen LogP contribution in [-0.2, 0) is 21.4 Å². The van der Waals surface area contributed by atoms with E-state index < -0.39 is 10.0 Å². The van der Waals surface area contributed by atoms with Crippen LogP contribution in [0.15, 0.2) is 59.5 Å². The standard InChI is InChI=1S/C21H28N2O4S/c1-4-27-19-10-12-20(13-11-19)28(25,26)23(15-18-8-6-5-7-9-18)16-21(24)22-14-17(2)3/h5-13,17H,4,14-16H2,1-3H3,(H,22,24). The van der Waals surface area contributed by atoms with Crippen LogP contribution in [0.25, 0.3) is 0 Å². The summed E-state index contributed by atoms with van der Waals surface area (Å²) in [5, 5.41) is 2.78. The highest BCUT2D eigenvalue weighted by Crippen LogP contribution is 2.21. The summed E-state index contributed by atoms with van der Waals surface area (Å²) in [7, 11) is -3.85. The Labute approximate surface area is 167 Å². The molecule has 152 valence electrons. The van der Waals surface area contributed by atoms with Crippen LogP contribution in [0.4, 0.5) is 0 Å². The van der Waals surface area contributed by atoms with E-state index in [0.29, 0.717) is 18.9 Å². The van der Waals surface area contributed by atoms with Gasteiger partial charge in [0.25, 0.3) is 0 Å². The van der Waals surface area contributed by atoms with E-state index in [2.05, 4.69) is 5.32 Å². The minimum Gasteiger partial charge on any atom is -0.494 e. The Morgan fingerprint density at radius 2 is 1.71 bits per heavy atom. The van der Waals surface area contributed by atoms with Crippen molar-refractivity contribution in [3.63, 3.8) is 0 Å². The molecule has 0 fully saturated rings. The lowest BCUT2D eigenvalue weighted by molar-refractivity contribution is -0.121. The van der Waals surface area contributed by atoms with Crippen molar-refractivity contribution in [2.24, 2.45) is 5.92 Å². The third kappa shape index (κ3) is 6.35. The minimum absolute atomic E-state index is 0.117. The molecule has 0 unspecified atom stereocenters. The minimum atomic E-state index is -3.85. The molecule has 0 heterocycles. The van der Waals surface area contributed by atoms with E-state index in [1.807, 2.05) is 51.1 Å².